The van der Waals surface area contributed by atoms with Gasteiger partial charge >= 0.3 is 6.03 Å². The van der Waals surface area contributed by atoms with Crippen LogP contribution in [0, 0.1) is 0 Å². The van der Waals surface area contributed by atoms with E-state index in [0.29, 0.717) is 66.6 Å². The van der Waals surface area contributed by atoms with E-state index in [1.54, 1.807) is 54.7 Å². The van der Waals surface area contributed by atoms with E-state index in [1.165, 1.54) is 14.2 Å². The number of rotatable bonds is 15. The van der Waals surface area contributed by atoms with Gasteiger partial charge in [-0.25, -0.2) is 21.6 Å². The minimum Gasteiger partial charge on any atom is -0.495 e. The van der Waals surface area contributed by atoms with Crippen LogP contribution in [0.2, 0.25) is 0 Å². The number of nitrogens with one attached hydrogen (secondary N) is 3. The normalized spacial score (nSPS) is 13.8. The number of benzene rings is 4. The third kappa shape index (κ3) is 11.2. The lowest BCUT2D eigenvalue weighted by Gasteiger charge is -2.26. The molecule has 314 valence electrons. The van der Waals surface area contributed by atoms with Gasteiger partial charge in [-0.3, -0.25) is 14.6 Å². The SMILES string of the molecule is COc1cc(Cc2cc(Oc3ccc(NC(=O)Nc4cc(C(C)(C)C)cc(NS(C)(=O)=O)c4OC)c4ccccc34)ccn2)ccc1S(=O)(=O)CCCN1CCOCC1. The lowest BCUT2D eigenvalue weighted by molar-refractivity contribution is 0.0381. The van der Waals surface area contributed by atoms with Crippen LogP contribution in [0.25, 0.3) is 10.8 Å². The van der Waals surface area contributed by atoms with Crippen LogP contribution < -0.4 is 29.6 Å². The fourth-order valence-corrected chi connectivity index (χ4v) is 8.84. The molecule has 1 saturated heterocycles. The van der Waals surface area contributed by atoms with E-state index in [1.807, 2.05) is 51.1 Å². The van der Waals surface area contributed by atoms with Crippen LogP contribution in [0.3, 0.4) is 0 Å². The van der Waals surface area contributed by atoms with Gasteiger partial charge < -0.3 is 29.6 Å². The number of carbonyl (C=O) groups is 1. The summed E-state index contributed by atoms with van der Waals surface area (Å²) < 4.78 is 76.3. The monoisotopic (exact) mass is 845 g/mol. The molecule has 16 heteroatoms. The van der Waals surface area contributed by atoms with Crippen LogP contribution in [0.4, 0.5) is 21.9 Å². The largest absolute Gasteiger partial charge is 0.495 e. The van der Waals surface area contributed by atoms with E-state index < -0.39 is 25.9 Å². The van der Waals surface area contributed by atoms with Gasteiger partial charge in [0.05, 0.1) is 56.5 Å². The van der Waals surface area contributed by atoms with E-state index in [4.69, 9.17) is 18.9 Å². The zero-order chi connectivity index (χ0) is 42.4. The molecule has 4 aromatic carbocycles. The van der Waals surface area contributed by atoms with Gasteiger partial charge in [-0.1, -0.05) is 51.1 Å². The standard InChI is InChI=1S/C43H51N5O9S2/c1-43(2,3)30-26-36(41(55-5)37(27-30)47-58(6,50)51)46-42(49)45-35-13-14-38(34-11-8-7-10-33(34)35)57-32-16-17-44-31(28-32)24-29-12-15-40(39(25-29)54-4)59(52,53)23-9-18-48-19-21-56-22-20-48/h7-8,10-17,25-28,47H,9,18-24H2,1-6H3,(H2,45,46,49). The first-order valence-corrected chi connectivity index (χ1v) is 22.7. The summed E-state index contributed by atoms with van der Waals surface area (Å²) in [6.07, 6.45) is 3.62. The number of amides is 2. The van der Waals surface area contributed by atoms with Crippen LogP contribution >= 0.6 is 0 Å². The van der Waals surface area contributed by atoms with E-state index in [0.717, 1.165) is 35.9 Å². The number of aromatic nitrogens is 1. The minimum absolute atomic E-state index is 0.0227. The minimum atomic E-state index is -3.65. The Labute approximate surface area is 346 Å². The Morgan fingerprint density at radius 2 is 1.54 bits per heavy atom. The Morgan fingerprint density at radius 3 is 2.24 bits per heavy atom. The van der Waals surface area contributed by atoms with E-state index in [9.17, 15) is 21.6 Å². The van der Waals surface area contributed by atoms with Gasteiger partial charge in [0.25, 0.3) is 0 Å². The Hall–Kier alpha value is -5.42. The number of sulfone groups is 1. The maximum Gasteiger partial charge on any atom is 0.323 e. The van der Waals surface area contributed by atoms with Crippen LogP contribution in [-0.2, 0) is 36.4 Å². The summed E-state index contributed by atoms with van der Waals surface area (Å²) in [5.41, 5.74) is 2.93. The van der Waals surface area contributed by atoms with Gasteiger partial charge in [0, 0.05) is 48.2 Å². The predicted octanol–water partition coefficient (Wildman–Crippen LogP) is 7.44. The quantitative estimate of drug-likeness (QED) is 0.0956. The van der Waals surface area contributed by atoms with E-state index >= 15 is 0 Å². The number of nitrogens with zero attached hydrogens (tertiary/aromatic N) is 2. The molecule has 6 rings (SSSR count). The molecule has 14 nitrogen and oxygen atoms in total. The van der Waals surface area contributed by atoms with Gasteiger partial charge in [0.2, 0.25) is 10.0 Å². The van der Waals surface area contributed by atoms with Crippen molar-refractivity contribution in [3.05, 3.63) is 102 Å². The second-order valence-corrected chi connectivity index (χ2v) is 19.2. The summed E-state index contributed by atoms with van der Waals surface area (Å²) in [5, 5.41) is 7.21. The Kier molecular flexibility index (Phi) is 13.3. The number of anilines is 3. The molecule has 0 unspecified atom stereocenters. The van der Waals surface area contributed by atoms with Crippen LogP contribution in [0.15, 0.2) is 90.0 Å². The molecule has 1 aliphatic rings. The Balaban J connectivity index is 1.16. The molecule has 0 spiro atoms. The second-order valence-electron chi connectivity index (χ2n) is 15.3. The third-order valence-electron chi connectivity index (χ3n) is 9.79. The van der Waals surface area contributed by atoms with Gasteiger partial charge in [0.1, 0.15) is 22.1 Å². The number of sulfonamides is 1. The molecule has 2 amide bonds. The number of fused-ring (bicyclic) bond motifs is 1. The number of hydrogen-bond donors (Lipinski definition) is 3. The molecule has 1 aromatic heterocycles. The van der Waals surface area contributed by atoms with Crippen molar-refractivity contribution < 1.29 is 40.6 Å². The van der Waals surface area contributed by atoms with Crippen molar-refractivity contribution in [1.29, 1.82) is 0 Å². The fourth-order valence-electron chi connectivity index (χ4n) is 6.84. The summed E-state index contributed by atoms with van der Waals surface area (Å²) in [4.78, 5) is 20.4. The highest BCUT2D eigenvalue weighted by atomic mass is 32.2. The molecule has 0 radical (unpaired) electrons. The lowest BCUT2D eigenvalue weighted by atomic mass is 9.86. The van der Waals surface area contributed by atoms with Crippen LogP contribution in [0.5, 0.6) is 23.0 Å². The highest BCUT2D eigenvalue weighted by Crippen LogP contribution is 2.40. The summed E-state index contributed by atoms with van der Waals surface area (Å²) >= 11 is 0. The van der Waals surface area contributed by atoms with Crippen molar-refractivity contribution >= 4 is 53.7 Å². The van der Waals surface area contributed by atoms with Crippen LogP contribution in [-0.4, -0.2) is 91.8 Å². The molecule has 0 bridgehead atoms. The maximum atomic E-state index is 13.5. The molecule has 0 saturated carbocycles. The summed E-state index contributed by atoms with van der Waals surface area (Å²) in [7, 11) is -4.34. The molecule has 0 aliphatic carbocycles. The zero-order valence-corrected chi connectivity index (χ0v) is 35.8. The molecule has 3 N–H and O–H groups in total. The zero-order valence-electron chi connectivity index (χ0n) is 34.1. The molecule has 5 aromatic rings. The Morgan fingerprint density at radius 1 is 0.831 bits per heavy atom. The topological polar surface area (TPSA) is 174 Å². The summed E-state index contributed by atoms with van der Waals surface area (Å²) in [5.74, 6) is 1.56. The van der Waals surface area contributed by atoms with Crippen molar-refractivity contribution in [3.8, 4) is 23.0 Å². The van der Waals surface area contributed by atoms with Crippen LogP contribution in [0.1, 0.15) is 44.0 Å². The molecule has 59 heavy (non-hydrogen) atoms. The fraction of sp³-hybridized carbons (Fsp3) is 0.349. The van der Waals surface area contributed by atoms with Crippen molar-refractivity contribution in [2.45, 2.75) is 43.9 Å². The highest BCUT2D eigenvalue weighted by Gasteiger charge is 2.24. The van der Waals surface area contributed by atoms with Gasteiger partial charge in [-0.2, -0.15) is 0 Å². The summed E-state index contributed by atoms with van der Waals surface area (Å²) in [6, 6.07) is 22.6. The van der Waals surface area contributed by atoms with Gasteiger partial charge in [0.15, 0.2) is 15.6 Å². The van der Waals surface area contributed by atoms with Gasteiger partial charge in [-0.15, -0.1) is 0 Å². The number of carbonyl (C=O) groups excluding carboxylic acids is 1. The maximum absolute atomic E-state index is 13.5. The van der Waals surface area contributed by atoms with Crippen molar-refractivity contribution in [2.75, 3.05) is 74.4 Å². The molecule has 2 heterocycles. The second kappa shape index (κ2) is 18.2. The summed E-state index contributed by atoms with van der Waals surface area (Å²) in [6.45, 7) is 9.59. The number of urea groups is 1. The number of hydrogen-bond acceptors (Lipinski definition) is 11. The number of pyridine rings is 1. The first-order chi connectivity index (χ1) is 28.0. The molecular formula is C43H51N5O9S2. The number of ether oxygens (including phenoxy) is 4. The van der Waals surface area contributed by atoms with E-state index in [2.05, 4.69) is 25.2 Å². The molecule has 0 atom stereocenters. The predicted molar refractivity (Wildman–Crippen MR) is 231 cm³/mol. The average Bonchev–Trinajstić information content (AvgIpc) is 3.18. The van der Waals surface area contributed by atoms with E-state index in [-0.39, 0.29) is 33.2 Å². The highest BCUT2D eigenvalue weighted by molar-refractivity contribution is 7.92. The molecule has 1 fully saturated rings. The van der Waals surface area contributed by atoms with Crippen molar-refractivity contribution in [2.24, 2.45) is 0 Å². The molecular weight excluding hydrogens is 795 g/mol. The smallest absolute Gasteiger partial charge is 0.323 e. The first-order valence-electron chi connectivity index (χ1n) is 19.2. The number of methoxy groups -OCH3 is 2. The average molecular weight is 846 g/mol. The Bertz CT molecular complexity index is 2540. The first kappa shape index (κ1) is 43.2. The van der Waals surface area contributed by atoms with Crippen molar-refractivity contribution in [1.82, 2.24) is 9.88 Å². The molecule has 1 aliphatic heterocycles. The van der Waals surface area contributed by atoms with Crippen molar-refractivity contribution in [3.63, 3.8) is 0 Å². The number of morpholine rings is 1. The van der Waals surface area contributed by atoms with Gasteiger partial charge in [-0.05, 0) is 72.0 Å². The lowest BCUT2D eigenvalue weighted by Crippen LogP contribution is -2.37. The third-order valence-corrected chi connectivity index (χ3v) is 12.2.